The second kappa shape index (κ2) is 15.1. The first-order valence-corrected chi connectivity index (χ1v) is 13.6. The van der Waals surface area contributed by atoms with E-state index in [2.05, 4.69) is 21.2 Å². The van der Waals surface area contributed by atoms with Crippen LogP contribution in [0.25, 0.3) is 0 Å². The molecule has 0 unspecified atom stereocenters. The molecule has 5 N–H and O–H groups in total. The lowest BCUT2D eigenvalue weighted by molar-refractivity contribution is -0.139. The minimum Gasteiger partial charge on any atom is -0.493 e. The molecule has 42 heavy (non-hydrogen) atoms. The largest absolute Gasteiger partial charge is 0.493 e. The minimum absolute atomic E-state index is 0.198. The van der Waals surface area contributed by atoms with Crippen LogP contribution in [0.3, 0.4) is 0 Å². The highest BCUT2D eigenvalue weighted by Gasteiger charge is 2.32. The Balaban J connectivity index is 1.68. The van der Waals surface area contributed by atoms with Crippen molar-refractivity contribution in [3.63, 3.8) is 0 Å². The fourth-order valence-electron chi connectivity index (χ4n) is 3.91. The number of hydrazone groups is 1. The van der Waals surface area contributed by atoms with Crippen molar-refractivity contribution in [2.75, 3.05) is 34.0 Å². The zero-order valence-electron chi connectivity index (χ0n) is 23.2. The lowest BCUT2D eigenvalue weighted by Gasteiger charge is -2.28. The predicted octanol–water partition coefficient (Wildman–Crippen LogP) is 2.28. The van der Waals surface area contributed by atoms with Gasteiger partial charge in [-0.25, -0.2) is 14.4 Å². The Bertz CT molecular complexity index is 1380. The van der Waals surface area contributed by atoms with E-state index in [1.165, 1.54) is 20.4 Å². The molecule has 14 nitrogen and oxygen atoms in total. The summed E-state index contributed by atoms with van der Waals surface area (Å²) in [5, 5.41) is 28.5. The molecule has 0 fully saturated rings. The summed E-state index contributed by atoms with van der Waals surface area (Å²) in [6, 6.07) is 6.99. The molecular formula is C27H31IN4O10. The number of nitrogens with zero attached hydrogens (tertiary/aromatic N) is 1. The quantitative estimate of drug-likeness (QED) is 0.0641. The number of halogens is 1. The van der Waals surface area contributed by atoms with Gasteiger partial charge in [-0.3, -0.25) is 5.43 Å². The fraction of sp³-hybridized carbons (Fsp3) is 0.333. The summed E-state index contributed by atoms with van der Waals surface area (Å²) in [5.74, 6) is -0.416. The number of carbonyl (C=O) groups excluding carboxylic acids is 2. The molecular weight excluding hydrogens is 667 g/mol. The van der Waals surface area contributed by atoms with E-state index in [1.54, 1.807) is 44.2 Å². The molecule has 1 heterocycles. The van der Waals surface area contributed by atoms with Gasteiger partial charge in [-0.1, -0.05) is 6.07 Å². The number of aliphatic hydroxyl groups excluding tert-OH is 1. The standard InChI is InChI=1S/C27H31IN4O10/c1-5-40-19-10-16(24-23(26(36)39-4)14(2)30-27(37)31-24)6-7-18(19)41-12-21(33)32-29-11-15-8-17(28)25(20(9-15)38-3)42-13-22(34)35/h6-11,21,24,32-33H,5,12-13H2,1-4H3,(H,34,35)(H2,30,31,37)/b29-11-/t21-,24-/m0/s1. The van der Waals surface area contributed by atoms with E-state index in [0.717, 1.165) is 0 Å². The molecule has 0 aromatic heterocycles. The van der Waals surface area contributed by atoms with Crippen molar-refractivity contribution >= 4 is 46.8 Å². The number of nitrogens with one attached hydrogen (secondary N) is 3. The van der Waals surface area contributed by atoms with Crippen LogP contribution in [-0.4, -0.2) is 74.7 Å². The number of carboxylic acids is 1. The third-order valence-electron chi connectivity index (χ3n) is 5.70. The number of methoxy groups -OCH3 is 2. The Labute approximate surface area is 255 Å². The van der Waals surface area contributed by atoms with E-state index in [0.29, 0.717) is 50.0 Å². The second-order valence-corrected chi connectivity index (χ2v) is 9.79. The number of ether oxygens (including phenoxy) is 5. The van der Waals surface area contributed by atoms with Crippen LogP contribution >= 0.6 is 22.6 Å². The number of hydrogen-bond acceptors (Lipinski definition) is 11. The normalized spacial score (nSPS) is 15.4. The van der Waals surface area contributed by atoms with Gasteiger partial charge < -0.3 is 44.5 Å². The lowest BCUT2D eigenvalue weighted by atomic mass is 9.95. The van der Waals surface area contributed by atoms with Gasteiger partial charge in [-0.05, 0) is 71.8 Å². The molecule has 15 heteroatoms. The van der Waals surface area contributed by atoms with E-state index < -0.39 is 36.8 Å². The zero-order valence-corrected chi connectivity index (χ0v) is 25.4. The Hall–Kier alpha value is -4.25. The van der Waals surface area contributed by atoms with Crippen molar-refractivity contribution in [1.29, 1.82) is 0 Å². The molecule has 1 aliphatic rings. The Kier molecular flexibility index (Phi) is 11.6. The summed E-state index contributed by atoms with van der Waals surface area (Å²) in [7, 11) is 2.69. The van der Waals surface area contributed by atoms with Crippen molar-refractivity contribution in [3.8, 4) is 23.0 Å². The second-order valence-electron chi connectivity index (χ2n) is 8.63. The number of carboxylic acid groups (broad SMARTS) is 1. The molecule has 0 saturated heterocycles. The van der Waals surface area contributed by atoms with Gasteiger partial charge in [0.05, 0.1) is 42.2 Å². The average molecular weight is 698 g/mol. The molecule has 0 radical (unpaired) electrons. The summed E-state index contributed by atoms with van der Waals surface area (Å²) in [5.41, 5.74) is 4.35. The molecule has 0 aliphatic carbocycles. The van der Waals surface area contributed by atoms with E-state index >= 15 is 0 Å². The van der Waals surface area contributed by atoms with Gasteiger partial charge in [0.15, 0.2) is 35.8 Å². The lowest BCUT2D eigenvalue weighted by Crippen LogP contribution is -2.45. The number of hydrogen-bond donors (Lipinski definition) is 5. The van der Waals surface area contributed by atoms with Gasteiger partial charge in [0.1, 0.15) is 6.61 Å². The number of aliphatic hydroxyl groups is 1. The minimum atomic E-state index is -1.20. The van der Waals surface area contributed by atoms with Crippen molar-refractivity contribution in [3.05, 3.63) is 56.3 Å². The van der Waals surface area contributed by atoms with E-state index in [9.17, 15) is 19.5 Å². The van der Waals surface area contributed by atoms with Gasteiger partial charge in [0.2, 0.25) is 0 Å². The van der Waals surface area contributed by atoms with E-state index in [4.69, 9.17) is 28.8 Å². The highest BCUT2D eigenvalue weighted by Crippen LogP contribution is 2.35. The Morgan fingerprint density at radius 2 is 1.90 bits per heavy atom. The smallest absolute Gasteiger partial charge is 0.341 e. The first-order chi connectivity index (χ1) is 20.1. The third kappa shape index (κ3) is 8.39. The SMILES string of the molecule is CCOc1cc([C@@H]2NC(=O)NC(C)=C2C(=O)OC)ccc1OC[C@H](O)N/N=C\c1cc(I)c(OCC(=O)O)c(OC)c1. The van der Waals surface area contributed by atoms with Gasteiger partial charge in [0, 0.05) is 5.70 Å². The molecule has 0 spiro atoms. The van der Waals surface area contributed by atoms with Crippen molar-refractivity contribution in [2.45, 2.75) is 26.1 Å². The molecule has 2 amide bonds. The van der Waals surface area contributed by atoms with Crippen LogP contribution in [0.5, 0.6) is 23.0 Å². The predicted molar refractivity (Wildman–Crippen MR) is 158 cm³/mol. The molecule has 1 aliphatic heterocycles. The van der Waals surface area contributed by atoms with Gasteiger partial charge >= 0.3 is 18.0 Å². The fourth-order valence-corrected chi connectivity index (χ4v) is 4.69. The summed E-state index contributed by atoms with van der Waals surface area (Å²) in [6.07, 6.45) is 0.242. The van der Waals surface area contributed by atoms with Gasteiger partial charge in [-0.15, -0.1) is 0 Å². The zero-order chi connectivity index (χ0) is 30.8. The Morgan fingerprint density at radius 3 is 2.57 bits per heavy atom. The van der Waals surface area contributed by atoms with Crippen molar-refractivity contribution in [1.82, 2.24) is 16.1 Å². The molecule has 2 aromatic carbocycles. The first-order valence-electron chi connectivity index (χ1n) is 12.5. The summed E-state index contributed by atoms with van der Waals surface area (Å²) < 4.78 is 27.5. The summed E-state index contributed by atoms with van der Waals surface area (Å²) in [6.45, 7) is 3.00. The first kappa shape index (κ1) is 32.3. The van der Waals surface area contributed by atoms with E-state index in [1.807, 2.05) is 22.6 Å². The van der Waals surface area contributed by atoms with Crippen LogP contribution in [0.1, 0.15) is 31.0 Å². The van der Waals surface area contributed by atoms with Crippen LogP contribution in [0.4, 0.5) is 4.79 Å². The molecule has 0 saturated carbocycles. The molecule has 2 aromatic rings. The van der Waals surface area contributed by atoms with Crippen LogP contribution in [0, 0.1) is 3.57 Å². The number of aliphatic carboxylic acids is 1. The number of carbonyl (C=O) groups is 3. The van der Waals surface area contributed by atoms with Gasteiger partial charge in [0.25, 0.3) is 0 Å². The van der Waals surface area contributed by atoms with Crippen LogP contribution in [0.15, 0.2) is 46.7 Å². The van der Waals surface area contributed by atoms with Gasteiger partial charge in [-0.2, -0.15) is 5.10 Å². The number of benzene rings is 2. The van der Waals surface area contributed by atoms with Crippen molar-refractivity contribution in [2.24, 2.45) is 5.10 Å². The number of allylic oxidation sites excluding steroid dienone is 1. The maximum absolute atomic E-state index is 12.4. The molecule has 3 rings (SSSR count). The topological polar surface area (TPSA) is 186 Å². The highest BCUT2D eigenvalue weighted by molar-refractivity contribution is 14.1. The Morgan fingerprint density at radius 1 is 1.14 bits per heavy atom. The summed E-state index contributed by atoms with van der Waals surface area (Å²) >= 11 is 1.99. The van der Waals surface area contributed by atoms with Crippen LogP contribution < -0.4 is 35.0 Å². The highest BCUT2D eigenvalue weighted by atomic mass is 127. The monoisotopic (exact) mass is 698 g/mol. The number of esters is 1. The molecule has 2 atom stereocenters. The maximum Gasteiger partial charge on any atom is 0.341 e. The van der Waals surface area contributed by atoms with E-state index in [-0.39, 0.29) is 12.2 Å². The number of rotatable bonds is 14. The number of amides is 2. The summed E-state index contributed by atoms with van der Waals surface area (Å²) in [4.78, 5) is 35.3. The number of urea groups is 1. The van der Waals surface area contributed by atoms with Crippen LogP contribution in [0.2, 0.25) is 0 Å². The molecule has 226 valence electrons. The average Bonchev–Trinajstić information content (AvgIpc) is 2.94. The van der Waals surface area contributed by atoms with Crippen molar-refractivity contribution < 1.29 is 48.3 Å². The van der Waals surface area contributed by atoms with Crippen LogP contribution in [-0.2, 0) is 14.3 Å². The molecule has 0 bridgehead atoms. The maximum atomic E-state index is 12.4. The third-order valence-corrected chi connectivity index (χ3v) is 6.50.